The van der Waals surface area contributed by atoms with E-state index in [1.54, 1.807) is 0 Å². The SMILES string of the molecule is CC(N)c1ccc(N(C)C(C)CC#N)c(Cl)c1. The summed E-state index contributed by atoms with van der Waals surface area (Å²) in [5.41, 5.74) is 7.74. The Morgan fingerprint density at radius 3 is 2.59 bits per heavy atom. The van der Waals surface area contributed by atoms with Crippen LogP contribution in [0.25, 0.3) is 0 Å². The summed E-state index contributed by atoms with van der Waals surface area (Å²) >= 11 is 6.23. The highest BCUT2D eigenvalue weighted by molar-refractivity contribution is 6.33. The van der Waals surface area contributed by atoms with E-state index < -0.39 is 0 Å². The highest BCUT2D eigenvalue weighted by Crippen LogP contribution is 2.29. The van der Waals surface area contributed by atoms with Crippen LogP contribution in [0.3, 0.4) is 0 Å². The van der Waals surface area contributed by atoms with E-state index in [1.807, 2.05) is 44.0 Å². The topological polar surface area (TPSA) is 53.0 Å². The molecule has 0 saturated heterocycles. The first kappa shape index (κ1) is 13.8. The Balaban J connectivity index is 2.96. The van der Waals surface area contributed by atoms with E-state index >= 15 is 0 Å². The molecular weight excluding hydrogens is 234 g/mol. The first-order valence-electron chi connectivity index (χ1n) is 5.62. The van der Waals surface area contributed by atoms with Crippen molar-refractivity contribution in [3.8, 4) is 6.07 Å². The van der Waals surface area contributed by atoms with Crippen molar-refractivity contribution in [1.82, 2.24) is 0 Å². The smallest absolute Gasteiger partial charge is 0.0643 e. The molecule has 0 bridgehead atoms. The van der Waals surface area contributed by atoms with Gasteiger partial charge in [0, 0.05) is 19.1 Å². The Hall–Kier alpha value is -1.24. The van der Waals surface area contributed by atoms with E-state index in [0.29, 0.717) is 11.4 Å². The van der Waals surface area contributed by atoms with Crippen molar-refractivity contribution in [2.75, 3.05) is 11.9 Å². The fourth-order valence-electron chi connectivity index (χ4n) is 1.60. The molecule has 2 N–H and O–H groups in total. The van der Waals surface area contributed by atoms with Crippen molar-refractivity contribution >= 4 is 17.3 Å². The maximum absolute atomic E-state index is 8.69. The van der Waals surface area contributed by atoms with Gasteiger partial charge in [-0.05, 0) is 31.5 Å². The predicted molar refractivity (Wildman–Crippen MR) is 72.1 cm³/mol. The molecule has 0 fully saturated rings. The molecule has 1 aromatic rings. The Labute approximate surface area is 108 Å². The molecule has 92 valence electrons. The summed E-state index contributed by atoms with van der Waals surface area (Å²) in [5, 5.41) is 9.37. The molecule has 0 heterocycles. The Bertz CT molecular complexity index is 423. The molecule has 0 spiro atoms. The minimum atomic E-state index is -0.0246. The summed E-state index contributed by atoms with van der Waals surface area (Å²) in [6, 6.07) is 8.09. The molecule has 0 aliphatic rings. The van der Waals surface area contributed by atoms with Crippen molar-refractivity contribution in [3.05, 3.63) is 28.8 Å². The van der Waals surface area contributed by atoms with E-state index in [9.17, 15) is 0 Å². The minimum absolute atomic E-state index is 0.0246. The van der Waals surface area contributed by atoms with E-state index in [1.165, 1.54) is 0 Å². The third-order valence-electron chi connectivity index (χ3n) is 2.93. The fourth-order valence-corrected chi connectivity index (χ4v) is 1.92. The molecule has 1 rings (SSSR count). The first-order valence-corrected chi connectivity index (χ1v) is 6.00. The number of hydrogen-bond donors (Lipinski definition) is 1. The molecule has 2 unspecified atom stereocenters. The van der Waals surface area contributed by atoms with E-state index in [0.717, 1.165) is 11.3 Å². The van der Waals surface area contributed by atoms with Crippen LogP contribution in [-0.4, -0.2) is 13.1 Å². The zero-order chi connectivity index (χ0) is 13.0. The van der Waals surface area contributed by atoms with Crippen molar-refractivity contribution in [2.24, 2.45) is 5.73 Å². The van der Waals surface area contributed by atoms with Gasteiger partial charge >= 0.3 is 0 Å². The number of anilines is 1. The number of nitriles is 1. The summed E-state index contributed by atoms with van der Waals surface area (Å²) in [5.74, 6) is 0. The zero-order valence-electron chi connectivity index (χ0n) is 10.4. The lowest BCUT2D eigenvalue weighted by molar-refractivity contribution is 0.702. The Morgan fingerprint density at radius 1 is 1.47 bits per heavy atom. The molecular formula is C13H18ClN3. The summed E-state index contributed by atoms with van der Waals surface area (Å²) in [4.78, 5) is 2.01. The summed E-state index contributed by atoms with van der Waals surface area (Å²) < 4.78 is 0. The van der Waals surface area contributed by atoms with Crippen molar-refractivity contribution in [3.63, 3.8) is 0 Å². The van der Waals surface area contributed by atoms with E-state index in [4.69, 9.17) is 22.6 Å². The summed E-state index contributed by atoms with van der Waals surface area (Å²) in [6.07, 6.45) is 0.474. The van der Waals surface area contributed by atoms with Crippen LogP contribution >= 0.6 is 11.6 Å². The number of nitrogens with two attached hydrogens (primary N) is 1. The van der Waals surface area contributed by atoms with Gasteiger partial charge in [-0.1, -0.05) is 17.7 Å². The summed E-state index contributed by atoms with van der Waals surface area (Å²) in [7, 11) is 1.94. The molecule has 2 atom stereocenters. The van der Waals surface area contributed by atoms with E-state index in [-0.39, 0.29) is 12.1 Å². The van der Waals surface area contributed by atoms with E-state index in [2.05, 4.69) is 6.07 Å². The number of benzene rings is 1. The molecule has 0 amide bonds. The molecule has 4 heteroatoms. The zero-order valence-corrected chi connectivity index (χ0v) is 11.2. The van der Waals surface area contributed by atoms with Gasteiger partial charge in [0.1, 0.15) is 0 Å². The van der Waals surface area contributed by atoms with Crippen molar-refractivity contribution < 1.29 is 0 Å². The molecule has 0 saturated carbocycles. The molecule has 3 nitrogen and oxygen atoms in total. The van der Waals surface area contributed by atoms with Crippen LogP contribution < -0.4 is 10.6 Å². The van der Waals surface area contributed by atoms with Gasteiger partial charge in [0.15, 0.2) is 0 Å². The average Bonchev–Trinajstić information content (AvgIpc) is 2.28. The largest absolute Gasteiger partial charge is 0.370 e. The van der Waals surface area contributed by atoms with Gasteiger partial charge in [0.2, 0.25) is 0 Å². The maximum Gasteiger partial charge on any atom is 0.0643 e. The maximum atomic E-state index is 8.69. The van der Waals surface area contributed by atoms with Gasteiger partial charge in [-0.3, -0.25) is 0 Å². The fraction of sp³-hybridized carbons (Fsp3) is 0.462. The third kappa shape index (κ3) is 3.36. The van der Waals surface area contributed by atoms with Crippen LogP contribution in [0.4, 0.5) is 5.69 Å². The second-order valence-electron chi connectivity index (χ2n) is 4.32. The standard InChI is InChI=1S/C13H18ClN3/c1-9(6-7-15)17(3)13-5-4-11(10(2)16)8-12(13)14/h4-5,8-10H,6,16H2,1-3H3. The predicted octanol–water partition coefficient (Wildman–Crippen LogP) is 3.10. The van der Waals surface area contributed by atoms with Gasteiger partial charge in [-0.25, -0.2) is 0 Å². The molecule has 0 aliphatic carbocycles. The monoisotopic (exact) mass is 251 g/mol. The second kappa shape index (κ2) is 5.90. The highest BCUT2D eigenvalue weighted by atomic mass is 35.5. The van der Waals surface area contributed by atoms with Gasteiger partial charge in [0.05, 0.1) is 23.2 Å². The Morgan fingerprint density at radius 2 is 2.12 bits per heavy atom. The van der Waals surface area contributed by atoms with Gasteiger partial charge in [-0.15, -0.1) is 0 Å². The van der Waals surface area contributed by atoms with Crippen LogP contribution in [0.15, 0.2) is 18.2 Å². The lowest BCUT2D eigenvalue weighted by Gasteiger charge is -2.26. The van der Waals surface area contributed by atoms with Crippen LogP contribution in [-0.2, 0) is 0 Å². The number of rotatable bonds is 4. The molecule has 1 aromatic carbocycles. The quantitative estimate of drug-likeness (QED) is 0.895. The summed E-state index contributed by atoms with van der Waals surface area (Å²) in [6.45, 7) is 3.92. The lowest BCUT2D eigenvalue weighted by atomic mass is 10.1. The van der Waals surface area contributed by atoms with Crippen LogP contribution in [0.5, 0.6) is 0 Å². The van der Waals surface area contributed by atoms with Crippen LogP contribution in [0.1, 0.15) is 31.9 Å². The minimum Gasteiger partial charge on any atom is -0.370 e. The molecule has 17 heavy (non-hydrogen) atoms. The second-order valence-corrected chi connectivity index (χ2v) is 4.73. The molecule has 0 radical (unpaired) electrons. The number of nitrogens with zero attached hydrogens (tertiary/aromatic N) is 2. The third-order valence-corrected chi connectivity index (χ3v) is 3.23. The van der Waals surface area contributed by atoms with Crippen molar-refractivity contribution in [2.45, 2.75) is 32.4 Å². The van der Waals surface area contributed by atoms with Gasteiger partial charge < -0.3 is 10.6 Å². The van der Waals surface area contributed by atoms with Gasteiger partial charge in [0.25, 0.3) is 0 Å². The van der Waals surface area contributed by atoms with Crippen molar-refractivity contribution in [1.29, 1.82) is 5.26 Å². The number of halogens is 1. The van der Waals surface area contributed by atoms with Gasteiger partial charge in [-0.2, -0.15) is 5.26 Å². The van der Waals surface area contributed by atoms with Crippen LogP contribution in [0.2, 0.25) is 5.02 Å². The molecule has 0 aromatic heterocycles. The highest BCUT2D eigenvalue weighted by Gasteiger charge is 2.13. The molecule has 0 aliphatic heterocycles. The number of hydrogen-bond acceptors (Lipinski definition) is 3. The van der Waals surface area contributed by atoms with Crippen LogP contribution in [0, 0.1) is 11.3 Å². The normalized spacial score (nSPS) is 13.9. The average molecular weight is 252 g/mol. The Kier molecular flexibility index (Phi) is 4.80. The first-order chi connectivity index (χ1) is 7.97. The lowest BCUT2D eigenvalue weighted by Crippen LogP contribution is -2.28.